The monoisotopic (exact) mass is 1710 g/mol. The molecule has 0 saturated heterocycles. The molecule has 0 fully saturated rings. The second kappa shape index (κ2) is 32.3. The van der Waals surface area contributed by atoms with Crippen molar-refractivity contribution < 1.29 is 0 Å². The molecule has 0 N–H and O–H groups in total. The molecule has 0 unspecified atom stereocenters. The van der Waals surface area contributed by atoms with E-state index < -0.39 is 0 Å². The second-order valence-corrected chi connectivity index (χ2v) is 35.5. The van der Waals surface area contributed by atoms with Crippen LogP contribution in [-0.2, 0) is 5.41 Å². The van der Waals surface area contributed by atoms with E-state index in [1.165, 1.54) is 194 Å². The molecule has 8 heterocycles. The Kier molecular flexibility index (Phi) is 19.3. The number of aromatic nitrogens is 9. The summed E-state index contributed by atoms with van der Waals surface area (Å²) in [6.07, 6.45) is 0. The molecule has 0 radical (unpaired) electrons. The Bertz CT molecular complexity index is 8900. The summed E-state index contributed by atoms with van der Waals surface area (Å²) in [5.41, 5.74) is 38.1. The van der Waals surface area contributed by atoms with E-state index >= 15 is 0 Å². The molecule has 8 aromatic heterocycles. The third-order valence-electron chi connectivity index (χ3n) is 27.7. The minimum absolute atomic E-state index is 0.0131. The maximum absolute atomic E-state index is 5.25. The lowest BCUT2D eigenvalue weighted by Crippen LogP contribution is -2.19. The number of rotatable bonds is 10. The molecular formula is C124H93N9. The Morgan fingerprint density at radius 3 is 0.985 bits per heavy atom. The first-order chi connectivity index (χ1) is 65.5. The first-order valence-corrected chi connectivity index (χ1v) is 45.9. The lowest BCUT2D eigenvalue weighted by Gasteiger charge is -2.24. The topological polar surface area (TPSA) is 52.3 Å². The van der Waals surface area contributed by atoms with Crippen LogP contribution in [0, 0.1) is 27.7 Å². The highest BCUT2D eigenvalue weighted by atomic mass is 15.3. The van der Waals surface area contributed by atoms with Gasteiger partial charge >= 0.3 is 0 Å². The zero-order valence-electron chi connectivity index (χ0n) is 74.8. The van der Waals surface area contributed by atoms with E-state index in [4.69, 9.17) is 4.98 Å². The Balaban J connectivity index is 0.0000000994. The molecule has 1 aliphatic carbocycles. The minimum atomic E-state index is -0.0131. The highest BCUT2D eigenvalue weighted by Gasteiger charge is 2.41. The largest absolute Gasteiger partial charge is 0.314 e. The van der Waals surface area contributed by atoms with Gasteiger partial charge in [-0.25, -0.2) is 4.98 Å². The van der Waals surface area contributed by atoms with E-state index in [9.17, 15) is 0 Å². The van der Waals surface area contributed by atoms with E-state index in [0.29, 0.717) is 0 Å². The van der Waals surface area contributed by atoms with Crippen molar-refractivity contribution in [3.63, 3.8) is 0 Å². The van der Waals surface area contributed by atoms with Crippen LogP contribution in [0.25, 0.3) is 199 Å². The summed E-state index contributed by atoms with van der Waals surface area (Å²) in [7, 11) is 0. The average Bonchev–Trinajstić information content (AvgIpc) is 1.54. The van der Waals surface area contributed by atoms with Gasteiger partial charge in [-0.05, 0) is 230 Å². The van der Waals surface area contributed by atoms with Crippen molar-refractivity contribution in [1.82, 2.24) is 41.5 Å². The van der Waals surface area contributed by atoms with Crippen molar-refractivity contribution in [2.45, 2.75) is 47.0 Å². The van der Waals surface area contributed by atoms with E-state index in [1.54, 1.807) is 0 Å². The number of aryl methyl sites for hydroxylation is 2. The molecule has 9 nitrogen and oxygen atoms in total. The Morgan fingerprint density at radius 1 is 0.211 bits per heavy atom. The molecular weight excluding hydrogens is 1620 g/mol. The fourth-order valence-corrected chi connectivity index (χ4v) is 21.4. The zero-order valence-corrected chi connectivity index (χ0v) is 74.8. The number of fused-ring (bicyclic) bond motifs is 19. The third kappa shape index (κ3) is 13.0. The van der Waals surface area contributed by atoms with Gasteiger partial charge < -0.3 is 22.8 Å². The van der Waals surface area contributed by atoms with Gasteiger partial charge in [0, 0.05) is 122 Å². The molecule has 9 heteroatoms. The fourth-order valence-electron chi connectivity index (χ4n) is 21.4. The van der Waals surface area contributed by atoms with Crippen LogP contribution in [0.15, 0.2) is 455 Å². The minimum Gasteiger partial charge on any atom is -0.314 e. The fraction of sp³-hybridized carbons (Fsp3) is 0.0565. The van der Waals surface area contributed by atoms with E-state index in [0.717, 1.165) is 39.5 Å². The number of hydrogen-bond acceptors (Lipinski definition) is 1. The lowest BCUT2D eigenvalue weighted by atomic mass is 9.85. The molecule has 0 bridgehead atoms. The van der Waals surface area contributed by atoms with Crippen LogP contribution in [0.3, 0.4) is 0 Å². The van der Waals surface area contributed by atoms with Gasteiger partial charge in [0.1, 0.15) is 5.65 Å². The molecule has 0 amide bonds. The molecule has 0 aliphatic heterocycles. The van der Waals surface area contributed by atoms with E-state index in [2.05, 4.69) is 533 Å². The first-order valence-electron chi connectivity index (χ1n) is 45.9. The summed E-state index contributed by atoms with van der Waals surface area (Å²) in [5, 5.41) is 12.7. The third-order valence-corrected chi connectivity index (χ3v) is 27.7. The van der Waals surface area contributed by atoms with Gasteiger partial charge in [-0.3, -0.25) is 13.7 Å². The van der Waals surface area contributed by atoms with Crippen LogP contribution in [0.1, 0.15) is 47.6 Å². The van der Waals surface area contributed by atoms with Crippen LogP contribution in [-0.4, -0.2) is 41.5 Å². The number of benzene rings is 18. The maximum atomic E-state index is 5.25. The van der Waals surface area contributed by atoms with Gasteiger partial charge in [0.25, 0.3) is 0 Å². The van der Waals surface area contributed by atoms with Crippen LogP contribution < -0.4 is 0 Å². The summed E-state index contributed by atoms with van der Waals surface area (Å²) in [5.74, 6) is 0.874. The smallest absolute Gasteiger partial charge is 0.221 e. The molecule has 0 saturated carbocycles. The molecule has 0 atom stereocenters. The Labute approximate surface area is 771 Å². The number of imidazole rings is 1. The summed E-state index contributed by atoms with van der Waals surface area (Å²) in [6.45, 7) is 13.6. The molecule has 1 aliphatic rings. The molecule has 18 aromatic carbocycles. The van der Waals surface area contributed by atoms with Crippen LogP contribution in [0.4, 0.5) is 0 Å². The molecule has 26 aromatic rings. The first kappa shape index (κ1) is 79.4. The summed E-state index contributed by atoms with van der Waals surface area (Å²) < 4.78 is 19.1. The quantitative estimate of drug-likeness (QED) is 0.135. The van der Waals surface area contributed by atoms with Gasteiger partial charge in [0.15, 0.2) is 0 Å². The van der Waals surface area contributed by atoms with E-state index in [-0.39, 0.29) is 5.41 Å². The van der Waals surface area contributed by atoms with Crippen molar-refractivity contribution in [3.8, 4) is 79.1 Å². The molecule has 27 rings (SSSR count). The number of nitrogens with zero attached hydrogens (tertiary/aromatic N) is 9. The van der Waals surface area contributed by atoms with Gasteiger partial charge in [0.2, 0.25) is 5.95 Å². The maximum Gasteiger partial charge on any atom is 0.221 e. The lowest BCUT2D eigenvalue weighted by molar-refractivity contribution is 0.624. The summed E-state index contributed by atoms with van der Waals surface area (Å²) in [6, 6.07) is 163. The second-order valence-electron chi connectivity index (χ2n) is 35.5. The van der Waals surface area contributed by atoms with Crippen molar-refractivity contribution in [3.05, 3.63) is 489 Å². The van der Waals surface area contributed by atoms with Crippen LogP contribution >= 0.6 is 0 Å². The van der Waals surface area contributed by atoms with Gasteiger partial charge in [0.05, 0.1) is 60.7 Å². The summed E-state index contributed by atoms with van der Waals surface area (Å²) >= 11 is 0. The van der Waals surface area contributed by atoms with Gasteiger partial charge in [-0.1, -0.05) is 311 Å². The van der Waals surface area contributed by atoms with Gasteiger partial charge in [-0.15, -0.1) is 0 Å². The Morgan fingerprint density at radius 2 is 0.526 bits per heavy atom. The van der Waals surface area contributed by atoms with E-state index in [1.807, 2.05) is 0 Å². The highest BCUT2D eigenvalue weighted by molar-refractivity contribution is 6.23. The predicted molar refractivity (Wildman–Crippen MR) is 558 cm³/mol. The standard InChI is InChI=1S/C40H30N2.C33H22N4.C28H22N2.C23H19N/c1-27-28(2)41(34-23-31(29-14-6-3-7-15-29)22-32(24-34)30-16-8-4-9-17-30)39-26-37-35-20-12-13-21-38(35)42(40(37)25-36(27)39)33-18-10-5-11-19-33;1-3-13-23(14-4-1)35-28-20-10-7-17-25(28)31-26-18-8-11-21-29(26)37(32(31)35)33-34-27-19-9-12-22-30(27)36(33)24-15-5-2-6-16-24;1-19-20(2)29(21-11-5-3-6-12-21)27-18-25-23-15-9-10-16-26(23)30(28(25)17-24(19)27)22-13-7-4-8-14-22;1-23(2)19-14-8-6-12-17(19)21-18-13-7-9-15-20(18)24(22(21)23)16-10-4-3-5-11-16/h3-26H,1-2H3;1-22H;3-18H,1-2H3;3-15H,1-2H3. The molecule has 634 valence electrons. The average molecular weight is 1710 g/mol. The highest BCUT2D eigenvalue weighted by Crippen LogP contribution is 2.54. The van der Waals surface area contributed by atoms with Crippen molar-refractivity contribution in [1.29, 1.82) is 0 Å². The predicted octanol–water partition coefficient (Wildman–Crippen LogP) is 32.0. The normalized spacial score (nSPS) is 12.2. The number of para-hydroxylation sites is 13. The van der Waals surface area contributed by atoms with Crippen molar-refractivity contribution in [2.75, 3.05) is 0 Å². The number of hydrogen-bond donors (Lipinski definition) is 0. The van der Waals surface area contributed by atoms with Crippen LogP contribution in [0.5, 0.6) is 0 Å². The van der Waals surface area contributed by atoms with Gasteiger partial charge in [-0.2, -0.15) is 0 Å². The summed E-state index contributed by atoms with van der Waals surface area (Å²) in [4.78, 5) is 5.25. The SMILES string of the molecule is CC1(C)c2ccccc2-c2c1n(-c1ccccc1)c1ccccc21.Cc1c(C)n(-c2cc(-c3ccccc3)cc(-c3ccccc3)c2)c2cc3c4ccccc4n(-c4ccccc4)c3cc12.Cc1c(C)n(-c2ccccc2)c2cc3c4ccccc4n(-c4ccccc4)c3cc12.c1ccc(-n2c(-n3c4ccccc4c4c5ccccc5n(-c5ccccc5)c43)nc3ccccc32)cc1. The van der Waals surface area contributed by atoms with Crippen molar-refractivity contribution in [2.24, 2.45) is 0 Å². The van der Waals surface area contributed by atoms with Crippen LogP contribution in [0.2, 0.25) is 0 Å². The Hall–Kier alpha value is -17.0. The van der Waals surface area contributed by atoms with Crippen molar-refractivity contribution >= 4 is 120 Å². The molecule has 0 spiro atoms. The molecule has 133 heavy (non-hydrogen) atoms. The zero-order chi connectivity index (χ0) is 89.1.